The fourth-order valence-electron chi connectivity index (χ4n) is 8.37. The molecule has 0 radical (unpaired) electrons. The molecule has 3 bridgehead atoms. The molecule has 1 spiro atoms. The van der Waals surface area contributed by atoms with Crippen LogP contribution in [0.5, 0.6) is 0 Å². The summed E-state index contributed by atoms with van der Waals surface area (Å²) in [6.07, 6.45) is 12.6. The predicted molar refractivity (Wildman–Crippen MR) is 134 cm³/mol. The van der Waals surface area contributed by atoms with Crippen molar-refractivity contribution in [2.24, 2.45) is 28.6 Å². The van der Waals surface area contributed by atoms with Crippen molar-refractivity contribution < 1.29 is 9.90 Å². The van der Waals surface area contributed by atoms with Crippen LogP contribution < -0.4 is 5.32 Å². The zero-order chi connectivity index (χ0) is 23.1. The van der Waals surface area contributed by atoms with E-state index in [4.69, 9.17) is 11.6 Å². The Morgan fingerprint density at radius 1 is 1.15 bits per heavy atom. The van der Waals surface area contributed by atoms with Crippen LogP contribution in [-0.2, 0) is 6.42 Å². The highest BCUT2D eigenvalue weighted by Crippen LogP contribution is 2.78. The number of unbranched alkanes of at least 4 members (excludes halogenated alkanes) is 1. The number of hydrogen-bond acceptors (Lipinski definition) is 3. The molecule has 1 aromatic rings. The van der Waals surface area contributed by atoms with Crippen molar-refractivity contribution in [1.82, 2.24) is 10.2 Å². The Morgan fingerprint density at radius 2 is 2.00 bits per heavy atom. The molecule has 2 N–H and O–H groups in total. The number of carbonyl (C=O) groups is 1. The topological polar surface area (TPSA) is 52.6 Å². The summed E-state index contributed by atoms with van der Waals surface area (Å²) in [5.41, 5.74) is 2.79. The quantitative estimate of drug-likeness (QED) is 0.433. The van der Waals surface area contributed by atoms with Gasteiger partial charge in [0.1, 0.15) is 0 Å². The third-order valence-electron chi connectivity index (χ3n) is 9.67. The number of rotatable bonds is 12. The molecule has 4 saturated carbocycles. The highest BCUT2D eigenvalue weighted by molar-refractivity contribution is 6.33. The summed E-state index contributed by atoms with van der Waals surface area (Å²) < 4.78 is 0. The maximum atomic E-state index is 13.2. The van der Waals surface area contributed by atoms with Gasteiger partial charge in [-0.05, 0) is 117 Å². The summed E-state index contributed by atoms with van der Waals surface area (Å²) in [5.74, 6) is 2.82. The minimum atomic E-state index is -0.00713. The Kier molecular flexibility index (Phi) is 6.81. The molecule has 0 aliphatic heterocycles. The second kappa shape index (κ2) is 9.51. The maximum absolute atomic E-state index is 13.2. The molecule has 4 aliphatic rings. The van der Waals surface area contributed by atoms with Crippen molar-refractivity contribution in [3.63, 3.8) is 0 Å². The second-order valence-corrected chi connectivity index (χ2v) is 12.2. The van der Waals surface area contributed by atoms with E-state index in [0.29, 0.717) is 21.4 Å². The molecule has 0 heterocycles. The van der Waals surface area contributed by atoms with Crippen molar-refractivity contribution >= 4 is 17.5 Å². The SMILES string of the molecule is CCCCN(CCO)CCCc1ccc(Cl)c(C(=O)NCC23CC4CC5CC(C2)C5(C4)C3)c1. The first kappa shape index (κ1) is 23.6. The smallest absolute Gasteiger partial charge is 0.252 e. The van der Waals surface area contributed by atoms with E-state index in [0.717, 1.165) is 63.2 Å². The van der Waals surface area contributed by atoms with Gasteiger partial charge in [0.15, 0.2) is 0 Å². The van der Waals surface area contributed by atoms with Gasteiger partial charge in [-0.15, -0.1) is 0 Å². The van der Waals surface area contributed by atoms with E-state index in [2.05, 4.69) is 17.1 Å². The van der Waals surface area contributed by atoms with Gasteiger partial charge in [-0.1, -0.05) is 31.0 Å². The first-order chi connectivity index (χ1) is 16.0. The van der Waals surface area contributed by atoms with Crippen molar-refractivity contribution in [1.29, 1.82) is 0 Å². The number of hydrogen-bond donors (Lipinski definition) is 2. The second-order valence-electron chi connectivity index (χ2n) is 11.8. The summed E-state index contributed by atoms with van der Waals surface area (Å²) in [4.78, 5) is 15.5. The van der Waals surface area contributed by atoms with Crippen LogP contribution in [0.15, 0.2) is 18.2 Å². The molecule has 0 aromatic heterocycles. The van der Waals surface area contributed by atoms with Gasteiger partial charge in [0, 0.05) is 13.1 Å². The van der Waals surface area contributed by atoms with Gasteiger partial charge in [-0.3, -0.25) is 4.79 Å². The molecule has 5 atom stereocenters. The van der Waals surface area contributed by atoms with Crippen LogP contribution in [0.4, 0.5) is 0 Å². The summed E-state index contributed by atoms with van der Waals surface area (Å²) >= 11 is 6.46. The number of aliphatic hydroxyl groups excluding tert-OH is 1. The van der Waals surface area contributed by atoms with Gasteiger partial charge in [0.2, 0.25) is 0 Å². The number of aryl methyl sites for hydroxylation is 1. The monoisotopic (exact) mass is 472 g/mol. The van der Waals surface area contributed by atoms with Crippen LogP contribution in [-0.4, -0.2) is 48.7 Å². The van der Waals surface area contributed by atoms with Crippen LogP contribution >= 0.6 is 11.6 Å². The largest absolute Gasteiger partial charge is 0.395 e. The van der Waals surface area contributed by atoms with Crippen LogP contribution in [0, 0.1) is 28.6 Å². The lowest BCUT2D eigenvalue weighted by Crippen LogP contribution is -2.43. The lowest BCUT2D eigenvalue weighted by molar-refractivity contribution is -0.00253. The van der Waals surface area contributed by atoms with E-state index in [1.54, 1.807) is 0 Å². The number of carbonyl (C=O) groups excluding carboxylic acids is 1. The van der Waals surface area contributed by atoms with Crippen LogP contribution in [0.3, 0.4) is 0 Å². The molecule has 5 rings (SSSR count). The molecule has 5 heteroatoms. The molecule has 1 amide bonds. The van der Waals surface area contributed by atoms with Crippen LogP contribution in [0.25, 0.3) is 0 Å². The Hall–Kier alpha value is -1.10. The molecular weight excluding hydrogens is 432 g/mol. The summed E-state index contributed by atoms with van der Waals surface area (Å²) in [6, 6.07) is 5.93. The number of benzene rings is 1. The fourth-order valence-corrected chi connectivity index (χ4v) is 8.58. The lowest BCUT2D eigenvalue weighted by atomic mass is 9.55. The van der Waals surface area contributed by atoms with Gasteiger partial charge in [-0.2, -0.15) is 0 Å². The van der Waals surface area contributed by atoms with Crippen molar-refractivity contribution in [3.05, 3.63) is 34.3 Å². The molecule has 1 aromatic carbocycles. The Balaban J connectivity index is 1.16. The van der Waals surface area contributed by atoms with Crippen molar-refractivity contribution in [3.8, 4) is 0 Å². The minimum absolute atomic E-state index is 0.00713. The standard InChI is InChI=1S/C28H41ClN2O2/c1-2-3-8-31(10-11-32)9-4-5-20-6-7-25(29)24(13-20)26(33)30-19-27-15-21-12-22-14-23(17-27)28(22,16-21)18-27/h6-7,13,21-23,32H,2-5,8-12,14-19H2,1H3,(H,30,33). The highest BCUT2D eigenvalue weighted by Gasteiger charge is 2.70. The number of aliphatic hydroxyl groups is 1. The number of nitrogens with zero attached hydrogens (tertiary/aromatic N) is 1. The van der Waals surface area contributed by atoms with Gasteiger partial charge in [0.05, 0.1) is 17.2 Å². The zero-order valence-corrected chi connectivity index (χ0v) is 21.0. The fraction of sp³-hybridized carbons (Fsp3) is 0.750. The molecule has 182 valence electrons. The molecular formula is C28H41ClN2O2. The van der Waals surface area contributed by atoms with E-state index in [1.165, 1.54) is 50.5 Å². The summed E-state index contributed by atoms with van der Waals surface area (Å²) in [7, 11) is 0. The normalized spacial score (nSPS) is 33.4. The van der Waals surface area contributed by atoms with E-state index in [9.17, 15) is 9.90 Å². The average molecular weight is 473 g/mol. The highest BCUT2D eigenvalue weighted by atomic mass is 35.5. The number of nitrogens with one attached hydrogen (secondary N) is 1. The van der Waals surface area contributed by atoms with E-state index in [-0.39, 0.29) is 12.5 Å². The molecule has 33 heavy (non-hydrogen) atoms. The Labute approximate surface area is 204 Å². The molecule has 4 aliphatic carbocycles. The number of fused-ring (bicyclic) bond motifs is 2. The van der Waals surface area contributed by atoms with Crippen LogP contribution in [0.2, 0.25) is 5.02 Å². The van der Waals surface area contributed by atoms with Gasteiger partial charge >= 0.3 is 0 Å². The van der Waals surface area contributed by atoms with Gasteiger partial charge in [-0.25, -0.2) is 0 Å². The van der Waals surface area contributed by atoms with Crippen molar-refractivity contribution in [2.45, 2.75) is 71.1 Å². The summed E-state index contributed by atoms with van der Waals surface area (Å²) in [6.45, 7) is 5.97. The number of amides is 1. The number of halogens is 1. The van der Waals surface area contributed by atoms with E-state index in [1.807, 2.05) is 18.2 Å². The molecule has 5 unspecified atom stereocenters. The minimum Gasteiger partial charge on any atom is -0.395 e. The third-order valence-corrected chi connectivity index (χ3v) is 10.00. The third kappa shape index (κ3) is 4.48. The molecule has 4 nitrogen and oxygen atoms in total. The Morgan fingerprint density at radius 3 is 2.82 bits per heavy atom. The van der Waals surface area contributed by atoms with Crippen molar-refractivity contribution in [2.75, 3.05) is 32.8 Å². The average Bonchev–Trinajstić information content (AvgIpc) is 3.12. The van der Waals surface area contributed by atoms with Gasteiger partial charge < -0.3 is 15.3 Å². The van der Waals surface area contributed by atoms with E-state index >= 15 is 0 Å². The van der Waals surface area contributed by atoms with Gasteiger partial charge in [0.25, 0.3) is 5.91 Å². The first-order valence-corrected chi connectivity index (χ1v) is 13.7. The predicted octanol–water partition coefficient (Wildman–Crippen LogP) is 5.31. The summed E-state index contributed by atoms with van der Waals surface area (Å²) in [5, 5.41) is 13.2. The Bertz CT molecular complexity index is 871. The lowest BCUT2D eigenvalue weighted by Gasteiger charge is -2.49. The van der Waals surface area contributed by atoms with E-state index < -0.39 is 0 Å². The molecule has 4 fully saturated rings. The molecule has 0 saturated heterocycles. The maximum Gasteiger partial charge on any atom is 0.252 e. The van der Waals surface area contributed by atoms with Crippen LogP contribution in [0.1, 0.15) is 80.6 Å². The first-order valence-electron chi connectivity index (χ1n) is 13.4. The zero-order valence-electron chi connectivity index (χ0n) is 20.3.